The zero-order valence-corrected chi connectivity index (χ0v) is 7.65. The molecule has 0 aliphatic heterocycles. The van der Waals surface area contributed by atoms with E-state index in [0.717, 1.165) is 23.5 Å². The van der Waals surface area contributed by atoms with Gasteiger partial charge in [-0.15, -0.1) is 0 Å². The second kappa shape index (κ2) is 3.01. The van der Waals surface area contributed by atoms with E-state index in [4.69, 9.17) is 0 Å². The summed E-state index contributed by atoms with van der Waals surface area (Å²) in [6.07, 6.45) is 3.26. The van der Waals surface area contributed by atoms with Gasteiger partial charge in [0.2, 0.25) is 0 Å². The van der Waals surface area contributed by atoms with Crippen molar-refractivity contribution in [2.24, 2.45) is 7.05 Å². The van der Waals surface area contributed by atoms with Gasteiger partial charge < -0.3 is 9.88 Å². The summed E-state index contributed by atoms with van der Waals surface area (Å²) >= 11 is 0. The van der Waals surface area contributed by atoms with Crippen molar-refractivity contribution in [1.82, 2.24) is 19.5 Å². The molecule has 0 saturated carbocycles. The maximum absolute atomic E-state index is 4.15. The molecule has 2 heterocycles. The Balaban J connectivity index is 2.65. The number of anilines is 1. The molecular formula is C8H11N5. The van der Waals surface area contributed by atoms with Crippen LogP contribution >= 0.6 is 0 Å². The van der Waals surface area contributed by atoms with Crippen LogP contribution in [0, 0.1) is 0 Å². The molecule has 0 fully saturated rings. The van der Waals surface area contributed by atoms with Crippen molar-refractivity contribution in [1.29, 1.82) is 0 Å². The Labute approximate surface area is 75.8 Å². The van der Waals surface area contributed by atoms with Crippen molar-refractivity contribution < 1.29 is 0 Å². The molecule has 0 radical (unpaired) electrons. The molecule has 1 N–H and O–H groups in total. The lowest BCUT2D eigenvalue weighted by Crippen LogP contribution is -2.02. The first-order valence-electron chi connectivity index (χ1n) is 4.19. The molecule has 2 aromatic rings. The summed E-state index contributed by atoms with van der Waals surface area (Å²) in [4.78, 5) is 12.3. The Kier molecular flexibility index (Phi) is 1.84. The highest BCUT2D eigenvalue weighted by atomic mass is 15.1. The molecule has 0 saturated heterocycles. The minimum Gasteiger partial charge on any atom is -0.368 e. The standard InChI is InChI=1S/C8H11N5/c1-3-9-7-6-8(11-4-10-7)12-5-13(6)2/h4-5H,3H2,1-2H3,(H,9,10,11). The van der Waals surface area contributed by atoms with Gasteiger partial charge in [-0.05, 0) is 6.92 Å². The van der Waals surface area contributed by atoms with Crippen LogP contribution in [0.3, 0.4) is 0 Å². The predicted octanol–water partition coefficient (Wildman–Crippen LogP) is 0.795. The summed E-state index contributed by atoms with van der Waals surface area (Å²) in [7, 11) is 1.93. The fraction of sp³-hybridized carbons (Fsp3) is 0.375. The molecule has 13 heavy (non-hydrogen) atoms. The average molecular weight is 177 g/mol. The van der Waals surface area contributed by atoms with E-state index < -0.39 is 0 Å². The molecule has 0 atom stereocenters. The van der Waals surface area contributed by atoms with Gasteiger partial charge in [0.1, 0.15) is 11.8 Å². The molecule has 0 aliphatic carbocycles. The van der Waals surface area contributed by atoms with Crippen LogP contribution in [-0.2, 0) is 7.05 Å². The number of nitrogens with one attached hydrogen (secondary N) is 1. The largest absolute Gasteiger partial charge is 0.368 e. The van der Waals surface area contributed by atoms with E-state index >= 15 is 0 Å². The Morgan fingerprint density at radius 1 is 1.38 bits per heavy atom. The molecule has 0 aliphatic rings. The first-order valence-corrected chi connectivity index (χ1v) is 4.19. The number of rotatable bonds is 2. The van der Waals surface area contributed by atoms with Gasteiger partial charge in [-0.25, -0.2) is 15.0 Å². The molecule has 5 heteroatoms. The van der Waals surface area contributed by atoms with E-state index in [1.807, 2.05) is 18.5 Å². The zero-order chi connectivity index (χ0) is 9.26. The smallest absolute Gasteiger partial charge is 0.182 e. The molecule has 68 valence electrons. The maximum atomic E-state index is 4.15. The van der Waals surface area contributed by atoms with Gasteiger partial charge in [0.05, 0.1) is 6.33 Å². The molecule has 0 amide bonds. The topological polar surface area (TPSA) is 55.6 Å². The van der Waals surface area contributed by atoms with E-state index in [1.54, 1.807) is 6.33 Å². The quantitative estimate of drug-likeness (QED) is 0.737. The Morgan fingerprint density at radius 2 is 2.23 bits per heavy atom. The van der Waals surface area contributed by atoms with Gasteiger partial charge in [0.25, 0.3) is 0 Å². The van der Waals surface area contributed by atoms with Crippen molar-refractivity contribution in [3.05, 3.63) is 12.7 Å². The van der Waals surface area contributed by atoms with Crippen LogP contribution < -0.4 is 5.32 Å². The number of aromatic nitrogens is 4. The summed E-state index contributed by atoms with van der Waals surface area (Å²) in [5, 5.41) is 3.17. The second-order valence-electron chi connectivity index (χ2n) is 2.78. The van der Waals surface area contributed by atoms with E-state index in [0.29, 0.717) is 0 Å². The van der Waals surface area contributed by atoms with E-state index in [2.05, 4.69) is 20.3 Å². The highest BCUT2D eigenvalue weighted by Gasteiger charge is 2.06. The second-order valence-corrected chi connectivity index (χ2v) is 2.78. The van der Waals surface area contributed by atoms with Gasteiger partial charge in [0.15, 0.2) is 11.5 Å². The minimum absolute atomic E-state index is 0.730. The molecule has 0 unspecified atom stereocenters. The molecule has 0 spiro atoms. The third-order valence-electron chi connectivity index (χ3n) is 1.85. The number of imidazole rings is 1. The molecular weight excluding hydrogens is 166 g/mol. The summed E-state index contributed by atoms with van der Waals surface area (Å²) in [6, 6.07) is 0. The lowest BCUT2D eigenvalue weighted by atomic mass is 10.5. The van der Waals surface area contributed by atoms with Crippen molar-refractivity contribution in [2.45, 2.75) is 6.92 Å². The lowest BCUT2D eigenvalue weighted by molar-refractivity contribution is 0.943. The third-order valence-corrected chi connectivity index (χ3v) is 1.85. The third kappa shape index (κ3) is 1.22. The summed E-state index contributed by atoms with van der Waals surface area (Å²) in [5.74, 6) is 0.840. The zero-order valence-electron chi connectivity index (χ0n) is 7.65. The van der Waals surface area contributed by atoms with Gasteiger partial charge in [0, 0.05) is 13.6 Å². The van der Waals surface area contributed by atoms with E-state index in [1.165, 1.54) is 6.33 Å². The molecule has 2 rings (SSSR count). The first kappa shape index (κ1) is 7.97. The number of hydrogen-bond donors (Lipinski definition) is 1. The Bertz CT molecular complexity index is 419. The Morgan fingerprint density at radius 3 is 3.00 bits per heavy atom. The van der Waals surface area contributed by atoms with Gasteiger partial charge in [-0.2, -0.15) is 0 Å². The van der Waals surface area contributed by atoms with Crippen molar-refractivity contribution in [3.63, 3.8) is 0 Å². The van der Waals surface area contributed by atoms with Crippen molar-refractivity contribution in [3.8, 4) is 0 Å². The fourth-order valence-electron chi connectivity index (χ4n) is 1.28. The number of fused-ring (bicyclic) bond motifs is 1. The normalized spacial score (nSPS) is 10.6. The van der Waals surface area contributed by atoms with Gasteiger partial charge in [-0.1, -0.05) is 0 Å². The number of hydrogen-bond acceptors (Lipinski definition) is 4. The SMILES string of the molecule is CCNc1ncnc2ncn(C)c12. The van der Waals surface area contributed by atoms with Crippen LogP contribution in [0.25, 0.3) is 11.2 Å². The maximum Gasteiger partial charge on any atom is 0.182 e. The van der Waals surface area contributed by atoms with Crippen LogP contribution in [0.2, 0.25) is 0 Å². The summed E-state index contributed by atoms with van der Waals surface area (Å²) in [6.45, 7) is 2.88. The fourth-order valence-corrected chi connectivity index (χ4v) is 1.28. The number of nitrogens with zero attached hydrogens (tertiary/aromatic N) is 4. The van der Waals surface area contributed by atoms with Gasteiger partial charge in [-0.3, -0.25) is 0 Å². The van der Waals surface area contributed by atoms with E-state index in [9.17, 15) is 0 Å². The van der Waals surface area contributed by atoms with Gasteiger partial charge >= 0.3 is 0 Å². The molecule has 2 aromatic heterocycles. The average Bonchev–Trinajstić information content (AvgIpc) is 2.50. The van der Waals surface area contributed by atoms with Crippen LogP contribution in [0.15, 0.2) is 12.7 Å². The van der Waals surface area contributed by atoms with Crippen molar-refractivity contribution in [2.75, 3.05) is 11.9 Å². The molecule has 5 nitrogen and oxygen atoms in total. The highest BCUT2D eigenvalue weighted by Crippen LogP contribution is 2.16. The predicted molar refractivity (Wildman–Crippen MR) is 50.5 cm³/mol. The number of aryl methyl sites for hydroxylation is 1. The highest BCUT2D eigenvalue weighted by molar-refractivity contribution is 5.82. The summed E-state index contributed by atoms with van der Waals surface area (Å²) < 4.78 is 1.91. The monoisotopic (exact) mass is 177 g/mol. The van der Waals surface area contributed by atoms with Crippen LogP contribution in [0.4, 0.5) is 5.82 Å². The first-order chi connectivity index (χ1) is 6.33. The van der Waals surface area contributed by atoms with Crippen LogP contribution in [-0.4, -0.2) is 26.1 Å². The summed E-state index contributed by atoms with van der Waals surface area (Å²) in [5.41, 5.74) is 1.68. The Hall–Kier alpha value is -1.65. The molecule has 0 aromatic carbocycles. The van der Waals surface area contributed by atoms with Crippen LogP contribution in [0.1, 0.15) is 6.92 Å². The van der Waals surface area contributed by atoms with Crippen molar-refractivity contribution >= 4 is 17.0 Å². The molecule has 0 bridgehead atoms. The lowest BCUT2D eigenvalue weighted by Gasteiger charge is -2.03. The van der Waals surface area contributed by atoms with Crippen LogP contribution in [0.5, 0.6) is 0 Å². The minimum atomic E-state index is 0.730. The van der Waals surface area contributed by atoms with E-state index in [-0.39, 0.29) is 0 Å².